The molecule has 68 valence electrons. The summed E-state index contributed by atoms with van der Waals surface area (Å²) in [5.74, 6) is 0.295. The topological polar surface area (TPSA) is 34.1 Å². The maximum atomic E-state index is 11.0. The number of hydrogen-bond acceptors (Lipinski definition) is 2. The largest absolute Gasteiger partial charge is 0.300 e. The van der Waals surface area contributed by atoms with Crippen molar-refractivity contribution in [1.29, 1.82) is 0 Å². The van der Waals surface area contributed by atoms with Gasteiger partial charge in [-0.15, -0.1) is 0 Å². The van der Waals surface area contributed by atoms with Crippen LogP contribution in [0.1, 0.15) is 39.5 Å². The highest BCUT2D eigenvalue weighted by Gasteiger charge is 2.03. The van der Waals surface area contributed by atoms with E-state index in [1.54, 1.807) is 6.92 Å². The van der Waals surface area contributed by atoms with Gasteiger partial charge in [-0.3, -0.25) is 9.59 Å². The Balaban J connectivity index is 3.50. The van der Waals surface area contributed by atoms with Crippen LogP contribution in [0.4, 0.5) is 0 Å². The molecule has 0 rings (SSSR count). The van der Waals surface area contributed by atoms with Crippen LogP contribution >= 0.6 is 0 Å². The van der Waals surface area contributed by atoms with Crippen LogP contribution < -0.4 is 0 Å². The van der Waals surface area contributed by atoms with Gasteiger partial charge < -0.3 is 0 Å². The average molecular weight is 168 g/mol. The van der Waals surface area contributed by atoms with Gasteiger partial charge in [0.15, 0.2) is 5.78 Å². The molecule has 0 aromatic rings. The number of allylic oxidation sites excluding steroid dienone is 1. The molecule has 0 saturated heterocycles. The first kappa shape index (κ1) is 11.1. The van der Waals surface area contributed by atoms with Crippen LogP contribution in [0.3, 0.4) is 0 Å². The van der Waals surface area contributed by atoms with Crippen LogP contribution in [0.2, 0.25) is 0 Å². The van der Waals surface area contributed by atoms with E-state index in [2.05, 4.69) is 6.58 Å². The SMILES string of the molecule is C=C(C)C(=O)CCCC(=O)CC. The normalized spacial score (nSPS) is 9.50. The van der Waals surface area contributed by atoms with Crippen LogP contribution in [0.15, 0.2) is 12.2 Å². The predicted octanol–water partition coefficient (Wildman–Crippen LogP) is 2.28. The van der Waals surface area contributed by atoms with Crippen LogP contribution in [-0.2, 0) is 9.59 Å². The Labute approximate surface area is 73.7 Å². The van der Waals surface area contributed by atoms with Gasteiger partial charge in [0, 0.05) is 19.3 Å². The highest BCUT2D eigenvalue weighted by molar-refractivity contribution is 5.94. The molecular weight excluding hydrogens is 152 g/mol. The van der Waals surface area contributed by atoms with Crippen LogP contribution in [0.25, 0.3) is 0 Å². The minimum atomic E-state index is 0.0684. The molecule has 0 aliphatic rings. The molecule has 0 aliphatic heterocycles. The van der Waals surface area contributed by atoms with E-state index >= 15 is 0 Å². The van der Waals surface area contributed by atoms with Crippen molar-refractivity contribution in [2.45, 2.75) is 39.5 Å². The quantitative estimate of drug-likeness (QED) is 0.570. The Hall–Kier alpha value is -0.920. The van der Waals surface area contributed by atoms with E-state index in [9.17, 15) is 9.59 Å². The van der Waals surface area contributed by atoms with Crippen molar-refractivity contribution < 1.29 is 9.59 Å². The third-order valence-electron chi connectivity index (χ3n) is 1.73. The van der Waals surface area contributed by atoms with Crippen molar-refractivity contribution in [3.63, 3.8) is 0 Å². The van der Waals surface area contributed by atoms with Gasteiger partial charge in [-0.25, -0.2) is 0 Å². The van der Waals surface area contributed by atoms with Crippen molar-refractivity contribution in [3.8, 4) is 0 Å². The van der Waals surface area contributed by atoms with Gasteiger partial charge in [-0.05, 0) is 18.9 Å². The summed E-state index contributed by atoms with van der Waals surface area (Å²) in [4.78, 5) is 21.8. The first-order valence-electron chi connectivity index (χ1n) is 4.28. The lowest BCUT2D eigenvalue weighted by Gasteiger charge is -1.98. The maximum Gasteiger partial charge on any atom is 0.158 e. The Morgan fingerprint density at radius 2 is 1.83 bits per heavy atom. The van der Waals surface area contributed by atoms with E-state index in [1.807, 2.05) is 6.92 Å². The Morgan fingerprint density at radius 1 is 1.25 bits per heavy atom. The third-order valence-corrected chi connectivity index (χ3v) is 1.73. The third kappa shape index (κ3) is 4.83. The van der Waals surface area contributed by atoms with Crippen molar-refractivity contribution in [2.24, 2.45) is 0 Å². The number of hydrogen-bond donors (Lipinski definition) is 0. The number of carbonyl (C=O) groups excluding carboxylic acids is 2. The van der Waals surface area contributed by atoms with Crippen molar-refractivity contribution in [1.82, 2.24) is 0 Å². The molecule has 0 unspecified atom stereocenters. The number of Topliss-reactive ketones (excluding diaryl/α,β-unsaturated/α-hetero) is 2. The molecule has 0 fully saturated rings. The highest BCUT2D eigenvalue weighted by Crippen LogP contribution is 2.03. The molecule has 0 saturated carbocycles. The summed E-state index contributed by atoms with van der Waals surface area (Å²) in [7, 11) is 0. The highest BCUT2D eigenvalue weighted by atomic mass is 16.1. The first-order chi connectivity index (χ1) is 5.57. The fourth-order valence-corrected chi connectivity index (χ4v) is 0.836. The van der Waals surface area contributed by atoms with Gasteiger partial charge in [0.1, 0.15) is 5.78 Å². The second-order valence-corrected chi connectivity index (χ2v) is 2.95. The summed E-state index contributed by atoms with van der Waals surface area (Å²) < 4.78 is 0. The molecule has 0 heterocycles. The lowest BCUT2D eigenvalue weighted by Crippen LogP contribution is -2.01. The van der Waals surface area contributed by atoms with Gasteiger partial charge in [-0.2, -0.15) is 0 Å². The Bertz CT molecular complexity index is 192. The van der Waals surface area contributed by atoms with Crippen LogP contribution in [0.5, 0.6) is 0 Å². The summed E-state index contributed by atoms with van der Waals surface area (Å²) >= 11 is 0. The summed E-state index contributed by atoms with van der Waals surface area (Å²) in [6.45, 7) is 7.07. The summed E-state index contributed by atoms with van der Waals surface area (Å²) in [5, 5.41) is 0. The smallest absolute Gasteiger partial charge is 0.158 e. The molecule has 0 bridgehead atoms. The zero-order chi connectivity index (χ0) is 9.56. The molecule has 2 nitrogen and oxygen atoms in total. The van der Waals surface area contributed by atoms with Crippen molar-refractivity contribution >= 4 is 11.6 Å². The summed E-state index contributed by atoms with van der Waals surface area (Å²) in [6.07, 6.45) is 2.22. The Morgan fingerprint density at radius 3 is 2.25 bits per heavy atom. The number of ketones is 2. The van der Waals surface area contributed by atoms with Crippen LogP contribution in [0, 0.1) is 0 Å². The van der Waals surface area contributed by atoms with E-state index in [-0.39, 0.29) is 11.6 Å². The lowest BCUT2D eigenvalue weighted by atomic mass is 10.1. The van der Waals surface area contributed by atoms with E-state index in [0.29, 0.717) is 31.3 Å². The van der Waals surface area contributed by atoms with E-state index in [1.165, 1.54) is 0 Å². The monoisotopic (exact) mass is 168 g/mol. The molecule has 2 heteroatoms. The second kappa shape index (κ2) is 5.70. The maximum absolute atomic E-state index is 11.0. The number of carbonyl (C=O) groups is 2. The first-order valence-corrected chi connectivity index (χ1v) is 4.28. The fraction of sp³-hybridized carbons (Fsp3) is 0.600. The van der Waals surface area contributed by atoms with E-state index in [0.717, 1.165) is 0 Å². The zero-order valence-corrected chi connectivity index (χ0v) is 7.85. The second-order valence-electron chi connectivity index (χ2n) is 2.95. The molecular formula is C10H16O2. The molecule has 0 aromatic carbocycles. The molecule has 0 aliphatic carbocycles. The minimum Gasteiger partial charge on any atom is -0.300 e. The zero-order valence-electron chi connectivity index (χ0n) is 7.85. The van der Waals surface area contributed by atoms with Gasteiger partial charge in [0.2, 0.25) is 0 Å². The van der Waals surface area contributed by atoms with Gasteiger partial charge in [0.25, 0.3) is 0 Å². The van der Waals surface area contributed by atoms with E-state index in [4.69, 9.17) is 0 Å². The predicted molar refractivity (Wildman–Crippen MR) is 49.0 cm³/mol. The molecule has 0 radical (unpaired) electrons. The van der Waals surface area contributed by atoms with Crippen molar-refractivity contribution in [2.75, 3.05) is 0 Å². The summed E-state index contributed by atoms with van der Waals surface area (Å²) in [5.41, 5.74) is 0.582. The standard InChI is InChI=1S/C10H16O2/c1-4-9(11)6-5-7-10(12)8(2)3/h2,4-7H2,1,3H3. The molecule has 0 spiro atoms. The van der Waals surface area contributed by atoms with Crippen molar-refractivity contribution in [3.05, 3.63) is 12.2 Å². The molecule has 12 heavy (non-hydrogen) atoms. The average Bonchev–Trinajstić information content (AvgIpc) is 2.03. The van der Waals surface area contributed by atoms with Gasteiger partial charge in [-0.1, -0.05) is 13.5 Å². The lowest BCUT2D eigenvalue weighted by molar-refractivity contribution is -0.119. The molecule has 0 aromatic heterocycles. The number of rotatable bonds is 6. The molecule has 0 amide bonds. The summed E-state index contributed by atoms with van der Waals surface area (Å²) in [6, 6.07) is 0. The van der Waals surface area contributed by atoms with Gasteiger partial charge in [0.05, 0.1) is 0 Å². The fourth-order valence-electron chi connectivity index (χ4n) is 0.836. The molecule has 0 N–H and O–H groups in total. The minimum absolute atomic E-state index is 0.0684. The Kier molecular flexibility index (Phi) is 5.26. The molecule has 0 atom stereocenters. The van der Waals surface area contributed by atoms with Gasteiger partial charge >= 0.3 is 0 Å². The van der Waals surface area contributed by atoms with E-state index < -0.39 is 0 Å². The van der Waals surface area contributed by atoms with Crippen LogP contribution in [-0.4, -0.2) is 11.6 Å².